The van der Waals surface area contributed by atoms with Gasteiger partial charge in [0, 0.05) is 6.42 Å². The molecule has 0 radical (unpaired) electrons. The summed E-state index contributed by atoms with van der Waals surface area (Å²) < 4.78 is 4.93. The Morgan fingerprint density at radius 3 is 3.14 bits per heavy atom. The van der Waals surface area contributed by atoms with Gasteiger partial charge in [0.15, 0.2) is 5.78 Å². The fourth-order valence-electron chi connectivity index (χ4n) is 1.84. The third-order valence-corrected chi connectivity index (χ3v) is 2.66. The van der Waals surface area contributed by atoms with Crippen molar-refractivity contribution in [1.29, 1.82) is 0 Å². The maximum Gasteiger partial charge on any atom is 0.154 e. The quantitative estimate of drug-likeness (QED) is 0.791. The van der Waals surface area contributed by atoms with E-state index in [1.165, 1.54) is 6.42 Å². The van der Waals surface area contributed by atoms with E-state index in [9.17, 15) is 4.79 Å². The summed E-state index contributed by atoms with van der Waals surface area (Å²) in [6, 6.07) is 1.92. The van der Waals surface area contributed by atoms with Gasteiger partial charge in [0.1, 0.15) is 0 Å². The molecule has 1 aliphatic rings. The van der Waals surface area contributed by atoms with Crippen molar-refractivity contribution in [1.82, 2.24) is 5.32 Å². The normalized spacial score (nSPS) is 22.1. The Hall–Kier alpha value is -1.09. The molecule has 0 aliphatic carbocycles. The molecule has 1 atom stereocenters. The summed E-state index contributed by atoms with van der Waals surface area (Å²) in [6.07, 6.45) is 7.08. The van der Waals surface area contributed by atoms with Crippen LogP contribution in [-0.2, 0) is 11.2 Å². The molecular weight excluding hydrogens is 178 g/mol. The highest BCUT2D eigenvalue weighted by Crippen LogP contribution is 2.11. The van der Waals surface area contributed by atoms with Crippen LogP contribution >= 0.6 is 0 Å². The molecule has 1 fully saturated rings. The van der Waals surface area contributed by atoms with Crippen molar-refractivity contribution in [2.45, 2.75) is 31.7 Å². The summed E-state index contributed by atoms with van der Waals surface area (Å²) in [6.45, 7) is 0.974. The molecule has 76 valence electrons. The SMILES string of the molecule is O=C(Cc1ccoc1)C1CCCCN1. The maximum absolute atomic E-state index is 11.8. The summed E-state index contributed by atoms with van der Waals surface area (Å²) >= 11 is 0. The van der Waals surface area contributed by atoms with Crippen LogP contribution in [0.2, 0.25) is 0 Å². The molecule has 0 aromatic carbocycles. The van der Waals surface area contributed by atoms with Gasteiger partial charge in [-0.15, -0.1) is 0 Å². The van der Waals surface area contributed by atoms with Gasteiger partial charge in [-0.2, -0.15) is 0 Å². The van der Waals surface area contributed by atoms with Gasteiger partial charge >= 0.3 is 0 Å². The maximum atomic E-state index is 11.8. The summed E-state index contributed by atoms with van der Waals surface area (Å²) in [4.78, 5) is 11.8. The van der Waals surface area contributed by atoms with Crippen molar-refractivity contribution in [2.75, 3.05) is 6.54 Å². The number of nitrogens with one attached hydrogen (secondary N) is 1. The van der Waals surface area contributed by atoms with Crippen molar-refractivity contribution in [3.05, 3.63) is 24.2 Å². The second-order valence-corrected chi connectivity index (χ2v) is 3.78. The molecule has 14 heavy (non-hydrogen) atoms. The monoisotopic (exact) mass is 193 g/mol. The Morgan fingerprint density at radius 1 is 1.57 bits per heavy atom. The van der Waals surface area contributed by atoms with Crippen LogP contribution in [-0.4, -0.2) is 18.4 Å². The van der Waals surface area contributed by atoms with Crippen LogP contribution in [0.3, 0.4) is 0 Å². The van der Waals surface area contributed by atoms with E-state index in [0.717, 1.165) is 24.9 Å². The average Bonchev–Trinajstić information content (AvgIpc) is 2.72. The smallest absolute Gasteiger partial charge is 0.154 e. The van der Waals surface area contributed by atoms with Gasteiger partial charge in [0.2, 0.25) is 0 Å². The third kappa shape index (κ3) is 2.23. The second-order valence-electron chi connectivity index (χ2n) is 3.78. The van der Waals surface area contributed by atoms with E-state index in [4.69, 9.17) is 4.42 Å². The van der Waals surface area contributed by atoms with Gasteiger partial charge < -0.3 is 9.73 Å². The molecular formula is C11H15NO2. The van der Waals surface area contributed by atoms with Crippen LogP contribution in [0, 0.1) is 0 Å². The summed E-state index contributed by atoms with van der Waals surface area (Å²) in [5.41, 5.74) is 0.974. The first-order valence-electron chi connectivity index (χ1n) is 5.13. The lowest BCUT2D eigenvalue weighted by molar-refractivity contribution is -0.120. The summed E-state index contributed by atoms with van der Waals surface area (Å²) in [5.74, 6) is 0.283. The lowest BCUT2D eigenvalue weighted by atomic mass is 9.98. The topological polar surface area (TPSA) is 42.2 Å². The Bertz CT molecular complexity index is 286. The third-order valence-electron chi connectivity index (χ3n) is 2.66. The molecule has 0 amide bonds. The predicted octanol–water partition coefficient (Wildman–Crippen LogP) is 1.53. The van der Waals surface area contributed by atoms with E-state index in [1.54, 1.807) is 12.5 Å². The van der Waals surface area contributed by atoms with Gasteiger partial charge in [-0.25, -0.2) is 0 Å². The van der Waals surface area contributed by atoms with Gasteiger partial charge in [0.05, 0.1) is 18.6 Å². The van der Waals surface area contributed by atoms with E-state index >= 15 is 0 Å². The Kier molecular flexibility index (Phi) is 2.99. The minimum atomic E-state index is 0.0682. The average molecular weight is 193 g/mol. The highest BCUT2D eigenvalue weighted by atomic mass is 16.3. The zero-order valence-electron chi connectivity index (χ0n) is 8.16. The Labute approximate surface area is 83.5 Å². The number of Topliss-reactive ketones (excluding diaryl/α,β-unsaturated/α-hetero) is 1. The molecule has 1 saturated heterocycles. The minimum Gasteiger partial charge on any atom is -0.472 e. The molecule has 2 heterocycles. The van der Waals surface area contributed by atoms with Crippen LogP contribution in [0.1, 0.15) is 24.8 Å². The van der Waals surface area contributed by atoms with Crippen LogP contribution in [0.15, 0.2) is 23.0 Å². The summed E-state index contributed by atoms with van der Waals surface area (Å²) in [7, 11) is 0. The zero-order chi connectivity index (χ0) is 9.80. The summed E-state index contributed by atoms with van der Waals surface area (Å²) in [5, 5.41) is 3.25. The lowest BCUT2D eigenvalue weighted by Crippen LogP contribution is -2.41. The fourth-order valence-corrected chi connectivity index (χ4v) is 1.84. The lowest BCUT2D eigenvalue weighted by Gasteiger charge is -2.21. The highest BCUT2D eigenvalue weighted by Gasteiger charge is 2.20. The van der Waals surface area contributed by atoms with Crippen molar-refractivity contribution in [3.63, 3.8) is 0 Å². The number of rotatable bonds is 3. The first kappa shape index (κ1) is 9.46. The van der Waals surface area contributed by atoms with Crippen molar-refractivity contribution in [2.24, 2.45) is 0 Å². The van der Waals surface area contributed by atoms with E-state index in [-0.39, 0.29) is 11.8 Å². The first-order valence-corrected chi connectivity index (χ1v) is 5.13. The molecule has 1 aromatic rings. The number of carbonyl (C=O) groups is 1. The molecule has 1 N–H and O–H groups in total. The molecule has 1 aliphatic heterocycles. The number of hydrogen-bond donors (Lipinski definition) is 1. The Balaban J connectivity index is 1.88. The van der Waals surface area contributed by atoms with Crippen molar-refractivity contribution >= 4 is 5.78 Å². The number of furan rings is 1. The van der Waals surface area contributed by atoms with E-state index in [1.807, 2.05) is 6.07 Å². The van der Waals surface area contributed by atoms with Crippen molar-refractivity contribution in [3.8, 4) is 0 Å². The minimum absolute atomic E-state index is 0.0682. The number of ketones is 1. The van der Waals surface area contributed by atoms with Crippen LogP contribution in [0.25, 0.3) is 0 Å². The number of carbonyl (C=O) groups excluding carboxylic acids is 1. The molecule has 0 bridgehead atoms. The van der Waals surface area contributed by atoms with E-state index < -0.39 is 0 Å². The van der Waals surface area contributed by atoms with Gasteiger partial charge in [-0.3, -0.25) is 4.79 Å². The largest absolute Gasteiger partial charge is 0.472 e. The molecule has 2 rings (SSSR count). The van der Waals surface area contributed by atoms with Gasteiger partial charge in [-0.1, -0.05) is 6.42 Å². The van der Waals surface area contributed by atoms with E-state index in [0.29, 0.717) is 6.42 Å². The Morgan fingerprint density at radius 2 is 2.50 bits per heavy atom. The van der Waals surface area contributed by atoms with Crippen LogP contribution in [0.5, 0.6) is 0 Å². The molecule has 0 spiro atoms. The molecule has 3 heteroatoms. The van der Waals surface area contributed by atoms with Gasteiger partial charge in [0.25, 0.3) is 0 Å². The molecule has 1 aromatic heterocycles. The molecule has 1 unspecified atom stereocenters. The standard InChI is InChI=1S/C11H15NO2/c13-11(7-9-4-6-14-8-9)10-3-1-2-5-12-10/h4,6,8,10,12H,1-3,5,7H2. The van der Waals surface area contributed by atoms with Crippen LogP contribution in [0.4, 0.5) is 0 Å². The zero-order valence-corrected chi connectivity index (χ0v) is 8.16. The number of hydrogen-bond acceptors (Lipinski definition) is 3. The van der Waals surface area contributed by atoms with E-state index in [2.05, 4.69) is 5.32 Å². The fraction of sp³-hybridized carbons (Fsp3) is 0.545. The second kappa shape index (κ2) is 4.42. The first-order chi connectivity index (χ1) is 6.86. The number of piperidine rings is 1. The van der Waals surface area contributed by atoms with Crippen LogP contribution < -0.4 is 5.32 Å². The highest BCUT2D eigenvalue weighted by molar-refractivity contribution is 5.86. The van der Waals surface area contributed by atoms with Gasteiger partial charge in [-0.05, 0) is 31.0 Å². The van der Waals surface area contributed by atoms with Crippen molar-refractivity contribution < 1.29 is 9.21 Å². The predicted molar refractivity (Wildman–Crippen MR) is 53.1 cm³/mol. The molecule has 0 saturated carbocycles. The molecule has 3 nitrogen and oxygen atoms in total.